The van der Waals surface area contributed by atoms with Crippen molar-refractivity contribution in [2.24, 2.45) is 0 Å². The number of benzene rings is 1. The molecule has 4 heteroatoms. The van der Waals surface area contributed by atoms with Gasteiger partial charge in [-0.05, 0) is 82.2 Å². The molecule has 2 unspecified atom stereocenters. The summed E-state index contributed by atoms with van der Waals surface area (Å²) in [6, 6.07) is 6.60. The maximum Gasteiger partial charge on any atom is 0.411 e. The van der Waals surface area contributed by atoms with Crippen LogP contribution in [-0.2, 0) is 4.74 Å². The second-order valence-electron chi connectivity index (χ2n) is 8.12. The van der Waals surface area contributed by atoms with Crippen LogP contribution < -0.4 is 4.74 Å². The van der Waals surface area contributed by atoms with E-state index >= 15 is 0 Å². The number of carbonyl (C=O) groups is 1. The van der Waals surface area contributed by atoms with Crippen LogP contribution in [0.5, 0.6) is 5.75 Å². The molecular formula is C21H29NO3. The first-order valence-corrected chi connectivity index (χ1v) is 9.15. The van der Waals surface area contributed by atoms with Crippen LogP contribution in [0, 0.1) is 6.92 Å². The van der Waals surface area contributed by atoms with Crippen molar-refractivity contribution in [3.8, 4) is 5.75 Å². The van der Waals surface area contributed by atoms with Crippen LogP contribution >= 0.6 is 0 Å². The average Bonchev–Trinajstić information content (AvgIpc) is 2.51. The topological polar surface area (TPSA) is 38.8 Å². The summed E-state index contributed by atoms with van der Waals surface area (Å²) in [5, 5.41) is 0. The van der Waals surface area contributed by atoms with Crippen molar-refractivity contribution in [2.75, 3.05) is 7.11 Å². The molecule has 2 aliphatic heterocycles. The van der Waals surface area contributed by atoms with E-state index in [1.54, 1.807) is 7.11 Å². The zero-order valence-electron chi connectivity index (χ0n) is 16.0. The van der Waals surface area contributed by atoms with E-state index in [0.29, 0.717) is 0 Å². The number of methoxy groups -OCH3 is 1. The summed E-state index contributed by atoms with van der Waals surface area (Å²) in [5.41, 5.74) is 3.37. The molecule has 25 heavy (non-hydrogen) atoms. The number of rotatable bonds is 2. The molecule has 2 heterocycles. The zero-order chi connectivity index (χ0) is 18.2. The van der Waals surface area contributed by atoms with E-state index in [2.05, 4.69) is 25.1 Å². The molecule has 136 valence electrons. The van der Waals surface area contributed by atoms with E-state index < -0.39 is 5.60 Å². The van der Waals surface area contributed by atoms with Gasteiger partial charge in [0.1, 0.15) is 11.4 Å². The Morgan fingerprint density at radius 2 is 2.00 bits per heavy atom. The van der Waals surface area contributed by atoms with Gasteiger partial charge >= 0.3 is 6.09 Å². The molecule has 1 amide bonds. The van der Waals surface area contributed by atoms with Crippen molar-refractivity contribution in [1.82, 2.24) is 4.90 Å². The highest BCUT2D eigenvalue weighted by Gasteiger charge is 2.39. The summed E-state index contributed by atoms with van der Waals surface area (Å²) in [6.45, 7) is 7.89. The van der Waals surface area contributed by atoms with Gasteiger partial charge in [-0.1, -0.05) is 12.1 Å². The largest absolute Gasteiger partial charge is 0.497 e. The second-order valence-corrected chi connectivity index (χ2v) is 8.12. The minimum absolute atomic E-state index is 0.138. The molecule has 0 N–H and O–H groups in total. The van der Waals surface area contributed by atoms with Gasteiger partial charge in [-0.15, -0.1) is 0 Å². The Kier molecular flexibility index (Phi) is 4.81. The highest BCUT2D eigenvalue weighted by Crippen LogP contribution is 2.39. The average molecular weight is 343 g/mol. The molecule has 2 bridgehead atoms. The van der Waals surface area contributed by atoms with E-state index in [1.165, 1.54) is 23.1 Å². The molecule has 0 saturated carbocycles. The lowest BCUT2D eigenvalue weighted by molar-refractivity contribution is 0.0000860. The number of piperidine rings is 1. The lowest BCUT2D eigenvalue weighted by atomic mass is 9.82. The number of hydrogen-bond acceptors (Lipinski definition) is 3. The van der Waals surface area contributed by atoms with Gasteiger partial charge in [-0.25, -0.2) is 4.79 Å². The Labute approximate surface area is 150 Å². The molecule has 4 nitrogen and oxygen atoms in total. The number of hydrogen-bond donors (Lipinski definition) is 0. The zero-order valence-corrected chi connectivity index (χ0v) is 16.0. The summed E-state index contributed by atoms with van der Waals surface area (Å²) >= 11 is 0. The van der Waals surface area contributed by atoms with Crippen LogP contribution in [-0.4, -0.2) is 35.8 Å². The first-order valence-electron chi connectivity index (χ1n) is 9.15. The number of carbonyl (C=O) groups excluding carboxylic acids is 1. The molecule has 3 rings (SSSR count). The van der Waals surface area contributed by atoms with E-state index in [0.717, 1.165) is 25.0 Å². The molecular weight excluding hydrogens is 314 g/mol. The van der Waals surface area contributed by atoms with E-state index in [9.17, 15) is 4.79 Å². The smallest absolute Gasteiger partial charge is 0.411 e. The summed E-state index contributed by atoms with van der Waals surface area (Å²) in [6.07, 6.45) is 6.21. The lowest BCUT2D eigenvalue weighted by Crippen LogP contribution is -2.53. The quantitative estimate of drug-likeness (QED) is 0.763. The van der Waals surface area contributed by atoms with Crippen molar-refractivity contribution in [3.05, 3.63) is 35.4 Å². The minimum Gasteiger partial charge on any atom is -0.497 e. The molecule has 1 aromatic rings. The lowest BCUT2D eigenvalue weighted by Gasteiger charge is -2.45. The molecule has 1 fully saturated rings. The molecule has 0 aliphatic carbocycles. The summed E-state index contributed by atoms with van der Waals surface area (Å²) in [7, 11) is 1.69. The van der Waals surface area contributed by atoms with Gasteiger partial charge in [0.15, 0.2) is 0 Å². The van der Waals surface area contributed by atoms with Crippen LogP contribution in [0.15, 0.2) is 24.3 Å². The van der Waals surface area contributed by atoms with Gasteiger partial charge in [0.2, 0.25) is 0 Å². The van der Waals surface area contributed by atoms with E-state index in [1.807, 2.05) is 31.7 Å². The number of aryl methyl sites for hydroxylation is 1. The van der Waals surface area contributed by atoms with Crippen LogP contribution in [0.1, 0.15) is 57.6 Å². The van der Waals surface area contributed by atoms with Crippen molar-refractivity contribution in [1.29, 1.82) is 0 Å². The number of amides is 1. The van der Waals surface area contributed by atoms with Crippen molar-refractivity contribution in [2.45, 2.75) is 71.1 Å². The van der Waals surface area contributed by atoms with Gasteiger partial charge in [-0.3, -0.25) is 4.90 Å². The SMILES string of the molecule is COc1ccc(C2=CC3CCCC(C2)N3C(=O)OC(C)(C)C)c(C)c1. The highest BCUT2D eigenvalue weighted by atomic mass is 16.6. The molecule has 0 radical (unpaired) electrons. The van der Waals surface area contributed by atoms with E-state index in [4.69, 9.17) is 9.47 Å². The van der Waals surface area contributed by atoms with Crippen LogP contribution in [0.25, 0.3) is 5.57 Å². The number of ether oxygens (including phenoxy) is 2. The van der Waals surface area contributed by atoms with Crippen molar-refractivity contribution in [3.63, 3.8) is 0 Å². The molecule has 1 saturated heterocycles. The highest BCUT2D eigenvalue weighted by molar-refractivity contribution is 5.76. The predicted octanol–water partition coefficient (Wildman–Crippen LogP) is 4.95. The fourth-order valence-electron chi connectivity index (χ4n) is 3.95. The molecule has 2 atom stereocenters. The third-order valence-electron chi connectivity index (χ3n) is 5.02. The Hall–Kier alpha value is -1.97. The molecule has 2 aliphatic rings. The monoisotopic (exact) mass is 343 g/mol. The Morgan fingerprint density at radius 1 is 1.24 bits per heavy atom. The number of nitrogens with zero attached hydrogens (tertiary/aromatic N) is 1. The first-order chi connectivity index (χ1) is 11.8. The molecule has 1 aromatic carbocycles. The van der Waals surface area contributed by atoms with Gasteiger partial charge < -0.3 is 9.47 Å². The fraction of sp³-hybridized carbons (Fsp3) is 0.571. The third kappa shape index (κ3) is 3.83. The van der Waals surface area contributed by atoms with Crippen LogP contribution in [0.2, 0.25) is 0 Å². The van der Waals surface area contributed by atoms with Gasteiger partial charge in [-0.2, -0.15) is 0 Å². The summed E-state index contributed by atoms with van der Waals surface area (Å²) in [5.74, 6) is 0.883. The summed E-state index contributed by atoms with van der Waals surface area (Å²) < 4.78 is 11.0. The maximum atomic E-state index is 12.7. The predicted molar refractivity (Wildman–Crippen MR) is 99.8 cm³/mol. The number of fused-ring (bicyclic) bond motifs is 2. The Bertz CT molecular complexity index is 687. The van der Waals surface area contributed by atoms with Gasteiger partial charge in [0.05, 0.1) is 13.2 Å². The van der Waals surface area contributed by atoms with Gasteiger partial charge in [0, 0.05) is 6.04 Å². The summed E-state index contributed by atoms with van der Waals surface area (Å²) in [4.78, 5) is 14.6. The van der Waals surface area contributed by atoms with Gasteiger partial charge in [0.25, 0.3) is 0 Å². The Balaban J connectivity index is 1.87. The van der Waals surface area contributed by atoms with Crippen LogP contribution in [0.4, 0.5) is 4.79 Å². The molecule has 0 spiro atoms. The standard InChI is InChI=1S/C21H29NO3/c1-14-11-18(24-5)9-10-19(14)15-12-16-7-6-8-17(13-15)22(16)20(23)25-21(2,3)4/h9-12,16-17H,6-8,13H2,1-5H3. The fourth-order valence-corrected chi connectivity index (χ4v) is 3.95. The third-order valence-corrected chi connectivity index (χ3v) is 5.02. The van der Waals surface area contributed by atoms with Crippen molar-refractivity contribution < 1.29 is 14.3 Å². The molecule has 0 aromatic heterocycles. The normalized spacial score (nSPS) is 23.1. The second kappa shape index (κ2) is 6.74. The Morgan fingerprint density at radius 3 is 2.60 bits per heavy atom. The van der Waals surface area contributed by atoms with Crippen LogP contribution in [0.3, 0.4) is 0 Å². The van der Waals surface area contributed by atoms with E-state index in [-0.39, 0.29) is 18.2 Å². The minimum atomic E-state index is -0.456. The van der Waals surface area contributed by atoms with Crippen molar-refractivity contribution >= 4 is 11.7 Å². The first kappa shape index (κ1) is 17.8. The maximum absolute atomic E-state index is 12.7.